The Labute approximate surface area is 394 Å². The molecule has 0 bridgehead atoms. The van der Waals surface area contributed by atoms with E-state index in [0.717, 1.165) is 104 Å². The molecular weight excluding hydrogens is 779 g/mol. The zero-order chi connectivity index (χ0) is 46.7. The van der Waals surface area contributed by atoms with Crippen LogP contribution < -0.4 is 0 Å². The highest BCUT2D eigenvalue weighted by molar-refractivity contribution is 5.67. The molecule has 0 heterocycles. The van der Waals surface area contributed by atoms with Crippen LogP contribution in [0.5, 0.6) is 0 Å². The summed E-state index contributed by atoms with van der Waals surface area (Å²) in [4.78, 5) is 24.4. The largest absolute Gasteiger partial charge is 0.448 e. The third kappa shape index (κ3) is 47.8. The molecule has 0 saturated heterocycles. The van der Waals surface area contributed by atoms with Gasteiger partial charge >= 0.3 is 6.09 Å². The fourth-order valence-electron chi connectivity index (χ4n) is 7.35. The summed E-state index contributed by atoms with van der Waals surface area (Å²) >= 11 is 0. The zero-order valence-electron chi connectivity index (χ0n) is 43.5. The number of hydrogen-bond acceptors (Lipinski definition) is 7. The summed E-state index contributed by atoms with van der Waals surface area (Å²) in [6.45, 7) is 25.8. The van der Waals surface area contributed by atoms with Crippen molar-refractivity contribution in [1.82, 2.24) is 24.5 Å². The van der Waals surface area contributed by atoms with Crippen LogP contribution in [-0.4, -0.2) is 142 Å². The van der Waals surface area contributed by atoms with Crippen LogP contribution in [0.15, 0.2) is 48.6 Å². The minimum absolute atomic E-state index is 0.114. The summed E-state index contributed by atoms with van der Waals surface area (Å²) < 4.78 is 5.80. The SMILES string of the molecule is CCCCC/C=C\C/C=C\CCCCCCCCN(CCCCCCCC/C=C\C/C=C\CCCCC)C(=O)OCCN(C)CCN(CC)CC.CCN(CC)CCN(C)CCO. The number of hydrogen-bond donors (Lipinski definition) is 1. The number of nitrogens with zero attached hydrogens (tertiary/aromatic N) is 5. The Hall–Kier alpha value is -1.97. The fourth-order valence-corrected chi connectivity index (χ4v) is 7.35. The molecule has 0 fully saturated rings. The van der Waals surface area contributed by atoms with E-state index in [-0.39, 0.29) is 12.7 Å². The van der Waals surface area contributed by atoms with Gasteiger partial charge in [0.25, 0.3) is 0 Å². The zero-order valence-corrected chi connectivity index (χ0v) is 43.5. The van der Waals surface area contributed by atoms with Crippen molar-refractivity contribution in [3.8, 4) is 0 Å². The van der Waals surface area contributed by atoms with Gasteiger partial charge in [0.05, 0.1) is 6.61 Å². The van der Waals surface area contributed by atoms with Crippen LogP contribution in [0.4, 0.5) is 4.79 Å². The summed E-state index contributed by atoms with van der Waals surface area (Å²) in [7, 11) is 4.17. The number of rotatable bonds is 45. The van der Waals surface area contributed by atoms with Crippen molar-refractivity contribution in [1.29, 1.82) is 0 Å². The Morgan fingerprint density at radius 2 is 0.762 bits per heavy atom. The Kier molecular flexibility index (Phi) is 52.7. The van der Waals surface area contributed by atoms with Gasteiger partial charge in [-0.1, -0.05) is 167 Å². The van der Waals surface area contributed by atoms with Crippen molar-refractivity contribution in [3.63, 3.8) is 0 Å². The molecule has 0 aromatic rings. The van der Waals surface area contributed by atoms with E-state index in [1.165, 1.54) is 128 Å². The summed E-state index contributed by atoms with van der Waals surface area (Å²) in [5.74, 6) is 0. The van der Waals surface area contributed by atoms with Crippen molar-refractivity contribution in [2.45, 2.75) is 196 Å². The van der Waals surface area contributed by atoms with Crippen molar-refractivity contribution in [2.75, 3.05) is 106 Å². The molecule has 63 heavy (non-hydrogen) atoms. The lowest BCUT2D eigenvalue weighted by atomic mass is 10.1. The van der Waals surface area contributed by atoms with Gasteiger partial charge in [-0.3, -0.25) is 0 Å². The van der Waals surface area contributed by atoms with Crippen LogP contribution in [-0.2, 0) is 4.74 Å². The van der Waals surface area contributed by atoms with Gasteiger partial charge in [-0.2, -0.15) is 0 Å². The second-order valence-corrected chi connectivity index (χ2v) is 17.7. The minimum atomic E-state index is -0.114. The van der Waals surface area contributed by atoms with Crippen LogP contribution in [0.3, 0.4) is 0 Å². The van der Waals surface area contributed by atoms with E-state index >= 15 is 0 Å². The highest BCUT2D eigenvalue weighted by Crippen LogP contribution is 2.12. The first-order valence-electron chi connectivity index (χ1n) is 26.8. The van der Waals surface area contributed by atoms with Gasteiger partial charge in [-0.15, -0.1) is 0 Å². The molecule has 0 unspecified atom stereocenters. The van der Waals surface area contributed by atoms with Crippen LogP contribution in [0, 0.1) is 0 Å². The van der Waals surface area contributed by atoms with Crippen molar-refractivity contribution in [3.05, 3.63) is 48.6 Å². The second-order valence-electron chi connectivity index (χ2n) is 17.7. The lowest BCUT2D eigenvalue weighted by Gasteiger charge is -2.25. The standard InChI is InChI=1S/C46H87N3O2.C9H22N2O/c1-6-10-12-14-16-18-20-22-24-26-28-30-32-34-36-38-40-49(46(50)51-45-44-47(5)42-43-48(8-3)9-4)41-39-37-35-33-31-29-27-25-23-21-19-17-15-13-11-7-2;1-4-11(5-2)7-6-10(3)8-9-12/h16-19,22-25H,6-15,20-21,26-45H2,1-5H3;12H,4-9H2,1-3H3/b18-16-,19-17-,24-22-,25-23-;. The van der Waals surface area contributed by atoms with Crippen LogP contribution in [0.25, 0.3) is 0 Å². The number of allylic oxidation sites excluding steroid dienone is 8. The number of unbranched alkanes of at least 4 members (excludes halogenated alkanes) is 18. The topological polar surface area (TPSA) is 62.7 Å². The molecule has 0 aliphatic carbocycles. The number of carbonyl (C=O) groups excluding carboxylic acids is 1. The van der Waals surface area contributed by atoms with E-state index in [2.05, 4.69) is 117 Å². The van der Waals surface area contributed by atoms with Gasteiger partial charge in [0.1, 0.15) is 6.61 Å². The van der Waals surface area contributed by atoms with Gasteiger partial charge in [0.15, 0.2) is 0 Å². The Morgan fingerprint density at radius 1 is 0.413 bits per heavy atom. The number of ether oxygens (including phenoxy) is 1. The third-order valence-electron chi connectivity index (χ3n) is 12.1. The van der Waals surface area contributed by atoms with E-state index in [9.17, 15) is 4.79 Å². The number of carbonyl (C=O) groups is 1. The number of aliphatic hydroxyl groups is 1. The van der Waals surface area contributed by atoms with E-state index in [1.807, 2.05) is 11.9 Å². The van der Waals surface area contributed by atoms with E-state index < -0.39 is 0 Å². The predicted molar refractivity (Wildman–Crippen MR) is 279 cm³/mol. The molecule has 8 heteroatoms. The molecule has 8 nitrogen and oxygen atoms in total. The highest BCUT2D eigenvalue weighted by Gasteiger charge is 2.15. The maximum atomic E-state index is 13.1. The second kappa shape index (κ2) is 52.7. The molecule has 0 saturated carbocycles. The number of aliphatic hydroxyl groups excluding tert-OH is 1. The molecule has 1 N–H and O–H groups in total. The van der Waals surface area contributed by atoms with E-state index in [0.29, 0.717) is 6.61 Å². The molecule has 0 radical (unpaired) electrons. The Bertz CT molecular complexity index is 978. The maximum Gasteiger partial charge on any atom is 0.409 e. The predicted octanol–water partition coefficient (Wildman–Crippen LogP) is 13.6. The minimum Gasteiger partial charge on any atom is -0.448 e. The van der Waals surface area contributed by atoms with Crippen LogP contribution >= 0.6 is 0 Å². The molecule has 0 aromatic heterocycles. The first kappa shape index (κ1) is 63.1. The summed E-state index contributed by atoms with van der Waals surface area (Å²) in [6.07, 6.45) is 48.3. The summed E-state index contributed by atoms with van der Waals surface area (Å²) in [5, 5.41) is 8.66. The number of amides is 1. The van der Waals surface area contributed by atoms with Crippen molar-refractivity contribution >= 4 is 6.09 Å². The van der Waals surface area contributed by atoms with Crippen molar-refractivity contribution < 1.29 is 14.6 Å². The average molecular weight is 889 g/mol. The Balaban J connectivity index is 0. The first-order valence-corrected chi connectivity index (χ1v) is 26.8. The van der Waals surface area contributed by atoms with Crippen LogP contribution in [0.2, 0.25) is 0 Å². The summed E-state index contributed by atoms with van der Waals surface area (Å²) in [6, 6.07) is 0. The van der Waals surface area contributed by atoms with Crippen molar-refractivity contribution in [2.24, 2.45) is 0 Å². The maximum absolute atomic E-state index is 13.1. The highest BCUT2D eigenvalue weighted by atomic mass is 16.6. The molecule has 0 aromatic carbocycles. The van der Waals surface area contributed by atoms with Gasteiger partial charge in [-0.05, 0) is 117 Å². The van der Waals surface area contributed by atoms with E-state index in [4.69, 9.17) is 9.84 Å². The van der Waals surface area contributed by atoms with Gasteiger partial charge in [0.2, 0.25) is 0 Å². The molecule has 1 amide bonds. The lowest BCUT2D eigenvalue weighted by Crippen LogP contribution is -2.37. The third-order valence-corrected chi connectivity index (χ3v) is 12.1. The molecular formula is C55H109N5O3. The Morgan fingerprint density at radius 3 is 1.13 bits per heavy atom. The molecule has 0 atom stereocenters. The lowest BCUT2D eigenvalue weighted by molar-refractivity contribution is 0.0908. The summed E-state index contributed by atoms with van der Waals surface area (Å²) in [5.41, 5.74) is 0. The molecule has 372 valence electrons. The smallest absolute Gasteiger partial charge is 0.409 e. The molecule has 0 spiro atoms. The average Bonchev–Trinajstić information content (AvgIpc) is 3.28. The molecule has 0 rings (SSSR count). The first-order chi connectivity index (χ1) is 30.8. The van der Waals surface area contributed by atoms with Crippen LogP contribution in [0.1, 0.15) is 196 Å². The van der Waals surface area contributed by atoms with E-state index in [1.54, 1.807) is 0 Å². The number of likely N-dealkylation sites (N-methyl/N-ethyl adjacent to an activating group) is 4. The monoisotopic (exact) mass is 888 g/mol. The van der Waals surface area contributed by atoms with Gasteiger partial charge in [0, 0.05) is 52.4 Å². The normalized spacial score (nSPS) is 12.1. The fraction of sp³-hybridized carbons (Fsp3) is 0.836. The molecule has 0 aliphatic heterocycles. The van der Waals surface area contributed by atoms with Gasteiger partial charge in [-0.25, -0.2) is 4.79 Å². The van der Waals surface area contributed by atoms with Gasteiger partial charge < -0.3 is 34.3 Å². The molecule has 0 aliphatic rings. The quantitative estimate of drug-likeness (QED) is 0.0483.